The van der Waals surface area contributed by atoms with E-state index in [1.165, 1.54) is 6.07 Å². The van der Waals surface area contributed by atoms with E-state index in [0.717, 1.165) is 12.1 Å². The van der Waals surface area contributed by atoms with Gasteiger partial charge >= 0.3 is 0 Å². The Bertz CT molecular complexity index is 875. The molecular weight excluding hydrogens is 318 g/mol. The van der Waals surface area contributed by atoms with Crippen LogP contribution in [-0.4, -0.2) is 21.3 Å². The van der Waals surface area contributed by atoms with Crippen LogP contribution in [-0.2, 0) is 6.61 Å². The zero-order chi connectivity index (χ0) is 17.1. The molecule has 0 fully saturated rings. The van der Waals surface area contributed by atoms with Crippen LogP contribution in [0.4, 0.5) is 8.78 Å². The number of carbonyl (C=O) groups is 1. The first-order chi connectivity index (χ1) is 11.6. The fraction of sp³-hybridized carbons (Fsp3) is 0.0625. The maximum Gasteiger partial charge on any atom is 0.271 e. The molecule has 1 heterocycles. The summed E-state index contributed by atoms with van der Waals surface area (Å²) in [6, 6.07) is 10.3. The first kappa shape index (κ1) is 15.6. The molecule has 3 N–H and O–H groups in total. The highest BCUT2D eigenvalue weighted by Crippen LogP contribution is 2.27. The van der Waals surface area contributed by atoms with Crippen molar-refractivity contribution < 1.29 is 18.3 Å². The van der Waals surface area contributed by atoms with Gasteiger partial charge in [-0.3, -0.25) is 4.79 Å². The lowest BCUT2D eigenvalue weighted by Gasteiger charge is -2.11. The summed E-state index contributed by atoms with van der Waals surface area (Å²) in [5.41, 5.74) is 6.57. The van der Waals surface area contributed by atoms with Crippen molar-refractivity contribution in [1.29, 1.82) is 0 Å². The number of rotatable bonds is 5. The fourth-order valence-corrected chi connectivity index (χ4v) is 2.24. The Labute approximate surface area is 135 Å². The molecule has 0 radical (unpaired) electrons. The molecule has 8 heteroatoms. The normalized spacial score (nSPS) is 10.6. The Morgan fingerprint density at radius 3 is 2.50 bits per heavy atom. The van der Waals surface area contributed by atoms with E-state index < -0.39 is 23.3 Å². The van der Waals surface area contributed by atoms with Crippen LogP contribution >= 0.6 is 0 Å². The van der Waals surface area contributed by atoms with Crippen LogP contribution < -0.4 is 10.5 Å². The average Bonchev–Trinajstić information content (AvgIpc) is 3.04. The summed E-state index contributed by atoms with van der Waals surface area (Å²) in [5.74, 6) is -2.81. The number of nitrogens with two attached hydrogens (primary N) is 1. The highest BCUT2D eigenvalue weighted by Gasteiger charge is 2.18. The molecule has 0 aliphatic heterocycles. The number of benzene rings is 2. The Hall–Kier alpha value is -3.29. The van der Waals surface area contributed by atoms with Gasteiger partial charge < -0.3 is 10.5 Å². The quantitative estimate of drug-likeness (QED) is 0.751. The first-order valence-electron chi connectivity index (χ1n) is 6.93. The van der Waals surface area contributed by atoms with E-state index in [-0.39, 0.29) is 18.0 Å². The van der Waals surface area contributed by atoms with Crippen LogP contribution in [0.3, 0.4) is 0 Å². The first-order valence-corrected chi connectivity index (χ1v) is 6.93. The van der Waals surface area contributed by atoms with Crippen molar-refractivity contribution in [2.45, 2.75) is 6.61 Å². The van der Waals surface area contributed by atoms with Crippen LogP contribution in [0, 0.1) is 11.6 Å². The molecule has 6 nitrogen and oxygen atoms in total. The van der Waals surface area contributed by atoms with Gasteiger partial charge in [0.15, 0.2) is 23.1 Å². The van der Waals surface area contributed by atoms with Crippen LogP contribution in [0.1, 0.15) is 16.1 Å². The van der Waals surface area contributed by atoms with Crippen molar-refractivity contribution in [3.63, 3.8) is 0 Å². The van der Waals surface area contributed by atoms with Gasteiger partial charge in [0, 0.05) is 5.56 Å². The van der Waals surface area contributed by atoms with Gasteiger partial charge in [-0.15, -0.1) is 0 Å². The van der Waals surface area contributed by atoms with Crippen molar-refractivity contribution in [2.24, 2.45) is 5.73 Å². The van der Waals surface area contributed by atoms with E-state index in [1.807, 2.05) is 0 Å². The predicted molar refractivity (Wildman–Crippen MR) is 81.0 cm³/mol. The molecule has 0 aliphatic rings. The van der Waals surface area contributed by atoms with Crippen molar-refractivity contribution in [3.8, 4) is 17.0 Å². The number of aromatic amines is 1. The van der Waals surface area contributed by atoms with Gasteiger partial charge in [-0.1, -0.05) is 30.3 Å². The number of ether oxygens (including phenoxy) is 1. The third-order valence-electron chi connectivity index (χ3n) is 3.34. The highest BCUT2D eigenvalue weighted by molar-refractivity contribution is 5.97. The van der Waals surface area contributed by atoms with E-state index in [4.69, 9.17) is 10.5 Å². The van der Waals surface area contributed by atoms with E-state index in [2.05, 4.69) is 15.4 Å². The summed E-state index contributed by atoms with van der Waals surface area (Å²) in [5, 5.41) is 9.96. The summed E-state index contributed by atoms with van der Waals surface area (Å²) in [4.78, 5) is 11.4. The minimum atomic E-state index is -0.799. The van der Waals surface area contributed by atoms with Crippen LogP contribution in [0.2, 0.25) is 0 Å². The summed E-state index contributed by atoms with van der Waals surface area (Å²) in [6.45, 7) is -0.126. The lowest BCUT2D eigenvalue weighted by atomic mass is 10.0. The molecule has 0 aliphatic carbocycles. The third kappa shape index (κ3) is 2.94. The fourth-order valence-electron chi connectivity index (χ4n) is 2.24. The number of hydrogen-bond donors (Lipinski definition) is 2. The molecule has 0 spiro atoms. The zero-order valence-corrected chi connectivity index (χ0v) is 12.3. The molecular formula is C16H12F2N4O2. The Kier molecular flexibility index (Phi) is 4.19. The molecule has 1 amide bonds. The number of aromatic nitrogens is 3. The molecule has 3 aromatic rings. The van der Waals surface area contributed by atoms with E-state index in [9.17, 15) is 13.6 Å². The van der Waals surface area contributed by atoms with Crippen molar-refractivity contribution >= 4 is 5.91 Å². The monoisotopic (exact) mass is 330 g/mol. The molecule has 0 bridgehead atoms. The van der Waals surface area contributed by atoms with Gasteiger partial charge in [-0.05, 0) is 17.7 Å². The standard InChI is InChI=1S/C16H12F2N4O2/c17-11-6-3-7-12(18)15(11)24-8-9-4-1-2-5-10(9)13-14(16(19)23)21-22-20-13/h1-7H,8H2,(H2,19,23)(H,20,21,22). The largest absolute Gasteiger partial charge is 0.483 e. The summed E-state index contributed by atoms with van der Waals surface area (Å²) >= 11 is 0. The second-order valence-electron chi connectivity index (χ2n) is 4.88. The number of primary amides is 1. The number of halogens is 2. The van der Waals surface area contributed by atoms with E-state index >= 15 is 0 Å². The van der Waals surface area contributed by atoms with Gasteiger partial charge in [-0.25, -0.2) is 8.78 Å². The zero-order valence-electron chi connectivity index (χ0n) is 12.3. The maximum absolute atomic E-state index is 13.6. The lowest BCUT2D eigenvalue weighted by molar-refractivity contribution is 0.0996. The third-order valence-corrected chi connectivity index (χ3v) is 3.34. The second kappa shape index (κ2) is 6.45. The predicted octanol–water partition coefficient (Wildman–Crippen LogP) is 2.43. The molecule has 24 heavy (non-hydrogen) atoms. The molecule has 2 aromatic carbocycles. The number of H-pyrrole nitrogens is 1. The lowest BCUT2D eigenvalue weighted by Crippen LogP contribution is -2.13. The van der Waals surface area contributed by atoms with E-state index in [0.29, 0.717) is 11.1 Å². The van der Waals surface area contributed by atoms with Crippen LogP contribution in [0.15, 0.2) is 42.5 Å². The number of para-hydroxylation sites is 1. The Morgan fingerprint density at radius 1 is 1.08 bits per heavy atom. The SMILES string of the molecule is NC(=O)c1n[nH]nc1-c1ccccc1COc1c(F)cccc1F. The average molecular weight is 330 g/mol. The Morgan fingerprint density at radius 2 is 1.79 bits per heavy atom. The molecule has 0 saturated heterocycles. The number of amides is 1. The molecule has 0 unspecified atom stereocenters. The van der Waals surface area contributed by atoms with Crippen molar-refractivity contribution in [2.75, 3.05) is 0 Å². The van der Waals surface area contributed by atoms with Gasteiger partial charge in [0.2, 0.25) is 0 Å². The number of hydrogen-bond acceptors (Lipinski definition) is 4. The van der Waals surface area contributed by atoms with Crippen molar-refractivity contribution in [3.05, 3.63) is 65.4 Å². The van der Waals surface area contributed by atoms with Crippen LogP contribution in [0.25, 0.3) is 11.3 Å². The molecule has 0 atom stereocenters. The number of nitrogens with zero attached hydrogens (tertiary/aromatic N) is 2. The van der Waals surface area contributed by atoms with Gasteiger partial charge in [-0.2, -0.15) is 15.4 Å². The second-order valence-corrected chi connectivity index (χ2v) is 4.88. The topological polar surface area (TPSA) is 93.9 Å². The van der Waals surface area contributed by atoms with Gasteiger partial charge in [0.1, 0.15) is 12.3 Å². The summed E-state index contributed by atoms with van der Waals surface area (Å²) < 4.78 is 32.6. The maximum atomic E-state index is 13.6. The van der Waals surface area contributed by atoms with E-state index in [1.54, 1.807) is 24.3 Å². The summed E-state index contributed by atoms with van der Waals surface area (Å²) in [6.07, 6.45) is 0. The van der Waals surface area contributed by atoms with Crippen LogP contribution in [0.5, 0.6) is 5.75 Å². The summed E-state index contributed by atoms with van der Waals surface area (Å²) in [7, 11) is 0. The Balaban J connectivity index is 1.93. The highest BCUT2D eigenvalue weighted by atomic mass is 19.1. The minimum absolute atomic E-state index is 0.0282. The van der Waals surface area contributed by atoms with Crippen molar-refractivity contribution in [1.82, 2.24) is 15.4 Å². The number of nitrogens with one attached hydrogen (secondary N) is 1. The molecule has 122 valence electrons. The minimum Gasteiger partial charge on any atom is -0.483 e. The molecule has 3 rings (SSSR count). The smallest absolute Gasteiger partial charge is 0.271 e. The molecule has 1 aromatic heterocycles. The number of carbonyl (C=O) groups excluding carboxylic acids is 1. The van der Waals surface area contributed by atoms with Gasteiger partial charge in [0.25, 0.3) is 5.91 Å². The van der Waals surface area contributed by atoms with Gasteiger partial charge in [0.05, 0.1) is 0 Å². The molecule has 0 saturated carbocycles.